The topological polar surface area (TPSA) is 132 Å². The number of ether oxygens (including phenoxy) is 2. The van der Waals surface area contributed by atoms with Gasteiger partial charge in [0.2, 0.25) is 0 Å². The Balaban J connectivity index is 3.96. The van der Waals surface area contributed by atoms with E-state index >= 15 is 0 Å². The Hall–Kier alpha value is -0.540. The fourth-order valence-corrected chi connectivity index (χ4v) is 8.09. The van der Waals surface area contributed by atoms with Crippen molar-refractivity contribution in [2.75, 3.05) is 33.0 Å². The standard InChI is InChI=1S/C47H95O9P/c1-3-5-7-9-11-13-15-17-18-19-20-21-22-23-24-25-26-27-28-29-31-33-35-37-39-47(50)56-46(44-55-57(51,52)54-42-45(49)41-48)43-53-40-38-36-34-32-30-16-14-12-10-8-6-4-2/h45-46,48-49H,3-44H2,1-2H3,(H,51,52)/t45-,46+/m0/s1. The molecule has 0 rings (SSSR count). The summed E-state index contributed by atoms with van der Waals surface area (Å²) in [5.41, 5.74) is 0. The molecule has 0 aliphatic rings. The van der Waals surface area contributed by atoms with Gasteiger partial charge in [0.15, 0.2) is 0 Å². The predicted octanol–water partition coefficient (Wildman–Crippen LogP) is 13.9. The minimum absolute atomic E-state index is 0.0580. The van der Waals surface area contributed by atoms with Crippen LogP contribution in [0.2, 0.25) is 0 Å². The lowest BCUT2D eigenvalue weighted by atomic mass is 10.0. The summed E-state index contributed by atoms with van der Waals surface area (Å²) < 4.78 is 33.4. The third-order valence-corrected chi connectivity index (χ3v) is 12.0. The van der Waals surface area contributed by atoms with Crippen molar-refractivity contribution in [2.24, 2.45) is 0 Å². The van der Waals surface area contributed by atoms with Crippen molar-refractivity contribution in [2.45, 2.75) is 264 Å². The minimum atomic E-state index is -4.51. The van der Waals surface area contributed by atoms with Gasteiger partial charge in [-0.15, -0.1) is 0 Å². The molecule has 0 amide bonds. The SMILES string of the molecule is CCCCCCCCCCCCCCCCCCCCCCCCCCC(=O)O[C@H](COCCCCCCCCCCCCCC)COP(=O)(O)OC[C@@H](O)CO. The number of unbranched alkanes of at least 4 members (excludes halogenated alkanes) is 34. The highest BCUT2D eigenvalue weighted by molar-refractivity contribution is 7.47. The van der Waals surface area contributed by atoms with Crippen LogP contribution in [0.5, 0.6) is 0 Å². The number of carbonyl (C=O) groups is 1. The predicted molar refractivity (Wildman–Crippen MR) is 238 cm³/mol. The Bertz CT molecular complexity index is 861. The molecule has 0 saturated carbocycles. The molecule has 0 heterocycles. The summed E-state index contributed by atoms with van der Waals surface area (Å²) in [7, 11) is -4.51. The number of rotatable bonds is 48. The first-order valence-electron chi connectivity index (χ1n) is 24.5. The first kappa shape index (κ1) is 56.5. The van der Waals surface area contributed by atoms with E-state index in [-0.39, 0.29) is 25.6 Å². The van der Waals surface area contributed by atoms with Crippen LogP contribution in [0.4, 0.5) is 0 Å². The lowest BCUT2D eigenvalue weighted by molar-refractivity contribution is -0.154. The molecule has 9 nitrogen and oxygen atoms in total. The van der Waals surface area contributed by atoms with Crippen molar-refractivity contribution in [3.63, 3.8) is 0 Å². The molecule has 0 aromatic carbocycles. The van der Waals surface area contributed by atoms with Gasteiger partial charge in [0.25, 0.3) is 0 Å². The smallest absolute Gasteiger partial charge is 0.457 e. The molecule has 342 valence electrons. The van der Waals surface area contributed by atoms with E-state index in [9.17, 15) is 19.4 Å². The second-order valence-electron chi connectivity index (χ2n) is 16.9. The minimum Gasteiger partial charge on any atom is -0.457 e. The third kappa shape index (κ3) is 44.8. The first-order valence-corrected chi connectivity index (χ1v) is 26.0. The normalized spacial score (nSPS) is 13.8. The van der Waals surface area contributed by atoms with Crippen LogP contribution in [0.15, 0.2) is 0 Å². The molecule has 1 unspecified atom stereocenters. The molecule has 0 fully saturated rings. The summed E-state index contributed by atoms with van der Waals surface area (Å²) in [6.45, 7) is 3.58. The summed E-state index contributed by atoms with van der Waals surface area (Å²) in [5, 5.41) is 18.4. The average Bonchev–Trinajstić information content (AvgIpc) is 3.20. The zero-order valence-corrected chi connectivity index (χ0v) is 38.5. The van der Waals surface area contributed by atoms with Gasteiger partial charge in [0.1, 0.15) is 12.2 Å². The molecule has 57 heavy (non-hydrogen) atoms. The number of phosphoric ester groups is 1. The van der Waals surface area contributed by atoms with Gasteiger partial charge in [-0.25, -0.2) is 4.57 Å². The summed E-state index contributed by atoms with van der Waals surface area (Å²) in [4.78, 5) is 22.6. The van der Waals surface area contributed by atoms with Gasteiger partial charge in [-0.2, -0.15) is 0 Å². The van der Waals surface area contributed by atoms with E-state index in [4.69, 9.17) is 23.6 Å². The average molecular weight is 835 g/mol. The molecule has 10 heteroatoms. The van der Waals surface area contributed by atoms with Crippen molar-refractivity contribution >= 4 is 13.8 Å². The van der Waals surface area contributed by atoms with Crippen molar-refractivity contribution in [1.29, 1.82) is 0 Å². The van der Waals surface area contributed by atoms with Gasteiger partial charge in [-0.1, -0.05) is 232 Å². The van der Waals surface area contributed by atoms with Crippen LogP contribution < -0.4 is 0 Å². The van der Waals surface area contributed by atoms with Gasteiger partial charge in [-0.3, -0.25) is 13.8 Å². The molecule has 0 aromatic rings. The van der Waals surface area contributed by atoms with E-state index in [0.717, 1.165) is 32.1 Å². The van der Waals surface area contributed by atoms with Crippen LogP contribution >= 0.6 is 7.82 Å². The van der Waals surface area contributed by atoms with Crippen LogP contribution in [0.25, 0.3) is 0 Å². The van der Waals surface area contributed by atoms with Crippen molar-refractivity contribution < 1.29 is 43.0 Å². The summed E-state index contributed by atoms with van der Waals surface area (Å²) in [6, 6.07) is 0. The van der Waals surface area contributed by atoms with Crippen LogP contribution in [0.1, 0.15) is 251 Å². The summed E-state index contributed by atoms with van der Waals surface area (Å²) >= 11 is 0. The largest absolute Gasteiger partial charge is 0.472 e. The molecule has 0 aliphatic carbocycles. The van der Waals surface area contributed by atoms with Crippen molar-refractivity contribution in [1.82, 2.24) is 0 Å². The highest BCUT2D eigenvalue weighted by Crippen LogP contribution is 2.43. The Morgan fingerprint density at radius 2 is 0.789 bits per heavy atom. The number of hydrogen-bond donors (Lipinski definition) is 3. The van der Waals surface area contributed by atoms with E-state index in [2.05, 4.69) is 13.8 Å². The number of hydrogen-bond acceptors (Lipinski definition) is 8. The molecule has 0 aliphatic heterocycles. The van der Waals surface area contributed by atoms with Crippen LogP contribution in [-0.2, 0) is 27.9 Å². The Kier molecular flexibility index (Phi) is 44.6. The maximum atomic E-state index is 12.6. The fraction of sp³-hybridized carbons (Fsp3) is 0.979. The van der Waals surface area contributed by atoms with E-state index in [1.807, 2.05) is 0 Å². The molecule has 0 spiro atoms. The zero-order valence-electron chi connectivity index (χ0n) is 37.6. The molecule has 3 atom stereocenters. The third-order valence-electron chi connectivity index (χ3n) is 11.0. The second-order valence-corrected chi connectivity index (χ2v) is 18.3. The van der Waals surface area contributed by atoms with Crippen molar-refractivity contribution in [3.05, 3.63) is 0 Å². The number of esters is 1. The summed E-state index contributed by atoms with van der Waals surface area (Å²) in [6.07, 6.45) is 45.0. The Morgan fingerprint density at radius 3 is 1.14 bits per heavy atom. The van der Waals surface area contributed by atoms with Gasteiger partial charge >= 0.3 is 13.8 Å². The van der Waals surface area contributed by atoms with E-state index in [1.54, 1.807) is 0 Å². The molecule has 3 N–H and O–H groups in total. The highest BCUT2D eigenvalue weighted by Gasteiger charge is 2.26. The molecule has 0 radical (unpaired) electrons. The van der Waals surface area contributed by atoms with Crippen LogP contribution in [0, 0.1) is 0 Å². The number of phosphoric acid groups is 1. The maximum Gasteiger partial charge on any atom is 0.472 e. The Labute approximate surface area is 352 Å². The van der Waals surface area contributed by atoms with E-state index in [0.29, 0.717) is 6.61 Å². The lowest BCUT2D eigenvalue weighted by Gasteiger charge is -2.20. The van der Waals surface area contributed by atoms with Gasteiger partial charge < -0.3 is 24.6 Å². The molecular weight excluding hydrogens is 739 g/mol. The van der Waals surface area contributed by atoms with E-state index < -0.39 is 33.2 Å². The zero-order chi connectivity index (χ0) is 41.8. The van der Waals surface area contributed by atoms with Gasteiger partial charge in [0.05, 0.1) is 26.4 Å². The van der Waals surface area contributed by atoms with Gasteiger partial charge in [0, 0.05) is 13.0 Å². The molecular formula is C47H95O9P. The second kappa shape index (κ2) is 45.0. The Morgan fingerprint density at radius 1 is 0.474 bits per heavy atom. The van der Waals surface area contributed by atoms with Crippen molar-refractivity contribution in [3.8, 4) is 0 Å². The monoisotopic (exact) mass is 835 g/mol. The van der Waals surface area contributed by atoms with Crippen LogP contribution in [-0.4, -0.2) is 66.3 Å². The highest BCUT2D eigenvalue weighted by atomic mass is 31.2. The van der Waals surface area contributed by atoms with Gasteiger partial charge in [-0.05, 0) is 12.8 Å². The number of aliphatic hydroxyl groups is 2. The van der Waals surface area contributed by atoms with E-state index in [1.165, 1.54) is 199 Å². The fourth-order valence-electron chi connectivity index (χ4n) is 7.30. The molecule has 0 aromatic heterocycles. The molecule has 0 bridgehead atoms. The maximum absolute atomic E-state index is 12.6. The first-order chi connectivity index (χ1) is 27.8. The quantitative estimate of drug-likeness (QED) is 0.0311. The molecule has 0 saturated heterocycles. The lowest BCUT2D eigenvalue weighted by Crippen LogP contribution is -2.29. The van der Waals surface area contributed by atoms with Crippen LogP contribution in [0.3, 0.4) is 0 Å². The summed E-state index contributed by atoms with van der Waals surface area (Å²) in [5.74, 6) is -0.374. The number of aliphatic hydroxyl groups excluding tert-OH is 2. The number of carbonyl (C=O) groups excluding carboxylic acids is 1.